The third-order valence-electron chi connectivity index (χ3n) is 3.15. The van der Waals surface area contributed by atoms with Gasteiger partial charge in [-0.3, -0.25) is 4.40 Å². The molecule has 0 saturated heterocycles. The van der Waals surface area contributed by atoms with E-state index in [0.29, 0.717) is 10.8 Å². The summed E-state index contributed by atoms with van der Waals surface area (Å²) in [6.07, 6.45) is 0. The number of nitrogens with zero attached hydrogens (tertiary/aromatic N) is 5. The van der Waals surface area contributed by atoms with Gasteiger partial charge < -0.3 is 4.90 Å². The highest BCUT2D eigenvalue weighted by atomic mass is 35.5. The monoisotopic (exact) mass is 287 g/mol. The molecule has 0 amide bonds. The molecule has 0 aliphatic rings. The second-order valence-corrected chi connectivity index (χ2v) is 5.18. The van der Waals surface area contributed by atoms with Crippen LogP contribution in [0.5, 0.6) is 0 Å². The van der Waals surface area contributed by atoms with Crippen LogP contribution in [0, 0.1) is 6.92 Å². The van der Waals surface area contributed by atoms with Crippen molar-refractivity contribution in [2.75, 3.05) is 19.0 Å². The average molecular weight is 288 g/mol. The minimum Gasteiger partial charge on any atom is -0.378 e. The van der Waals surface area contributed by atoms with Crippen LogP contribution in [0.1, 0.15) is 5.82 Å². The molecule has 6 heteroatoms. The van der Waals surface area contributed by atoms with Crippen molar-refractivity contribution in [3.63, 3.8) is 0 Å². The van der Waals surface area contributed by atoms with E-state index in [1.807, 2.05) is 37.6 Å². The van der Waals surface area contributed by atoms with E-state index in [0.717, 1.165) is 22.9 Å². The van der Waals surface area contributed by atoms with E-state index in [4.69, 9.17) is 11.6 Å². The fraction of sp³-hybridized carbons (Fsp3) is 0.214. The number of aromatic nitrogens is 4. The van der Waals surface area contributed by atoms with Gasteiger partial charge in [-0.15, -0.1) is 10.2 Å². The van der Waals surface area contributed by atoms with Crippen LogP contribution in [-0.2, 0) is 0 Å². The molecule has 0 spiro atoms. The number of aryl methyl sites for hydroxylation is 1. The third-order valence-corrected chi connectivity index (χ3v) is 3.34. The van der Waals surface area contributed by atoms with Gasteiger partial charge in [0, 0.05) is 31.4 Å². The molecule has 2 aromatic heterocycles. The maximum atomic E-state index is 5.95. The zero-order valence-electron chi connectivity index (χ0n) is 11.5. The number of hydrogen-bond acceptors (Lipinski definition) is 4. The van der Waals surface area contributed by atoms with E-state index >= 15 is 0 Å². The number of benzene rings is 1. The summed E-state index contributed by atoms with van der Waals surface area (Å²) in [5.41, 5.74) is 2.81. The van der Waals surface area contributed by atoms with Crippen molar-refractivity contribution in [1.82, 2.24) is 19.6 Å². The first-order valence-corrected chi connectivity index (χ1v) is 6.60. The van der Waals surface area contributed by atoms with Gasteiger partial charge in [-0.1, -0.05) is 23.7 Å². The number of fused-ring (bicyclic) bond motifs is 1. The van der Waals surface area contributed by atoms with Gasteiger partial charge >= 0.3 is 0 Å². The maximum absolute atomic E-state index is 5.95. The minimum absolute atomic E-state index is 0.427. The van der Waals surface area contributed by atoms with Crippen molar-refractivity contribution < 1.29 is 0 Å². The predicted octanol–water partition coefficient (Wildman–Crippen LogP) is 2.82. The Kier molecular flexibility index (Phi) is 3.06. The number of anilines is 1. The van der Waals surface area contributed by atoms with E-state index in [9.17, 15) is 0 Å². The normalized spacial score (nSPS) is 11.0. The van der Waals surface area contributed by atoms with Gasteiger partial charge in [0.1, 0.15) is 11.0 Å². The molecule has 20 heavy (non-hydrogen) atoms. The number of halogens is 1. The van der Waals surface area contributed by atoms with Crippen LogP contribution in [-0.4, -0.2) is 33.7 Å². The van der Waals surface area contributed by atoms with Gasteiger partial charge in [-0.05, 0) is 19.1 Å². The van der Waals surface area contributed by atoms with Crippen molar-refractivity contribution in [1.29, 1.82) is 0 Å². The summed E-state index contributed by atoms with van der Waals surface area (Å²) in [7, 11) is 4.02. The van der Waals surface area contributed by atoms with E-state index in [1.165, 1.54) is 0 Å². The molecule has 0 aliphatic carbocycles. The lowest BCUT2D eigenvalue weighted by molar-refractivity contribution is 0.988. The van der Waals surface area contributed by atoms with Crippen LogP contribution in [0.25, 0.3) is 17.0 Å². The highest BCUT2D eigenvalue weighted by Gasteiger charge is 2.12. The van der Waals surface area contributed by atoms with Crippen LogP contribution in [0.15, 0.2) is 30.3 Å². The Balaban J connectivity index is 2.22. The van der Waals surface area contributed by atoms with E-state index in [1.54, 1.807) is 6.07 Å². The van der Waals surface area contributed by atoms with Gasteiger partial charge in [0.05, 0.1) is 0 Å². The third kappa shape index (κ3) is 2.10. The molecule has 1 aromatic carbocycles. The summed E-state index contributed by atoms with van der Waals surface area (Å²) in [5, 5.41) is 8.86. The number of rotatable bonds is 2. The second-order valence-electron chi connectivity index (χ2n) is 4.79. The van der Waals surface area contributed by atoms with E-state index in [-0.39, 0.29) is 0 Å². The zero-order valence-corrected chi connectivity index (χ0v) is 12.3. The van der Waals surface area contributed by atoms with Crippen molar-refractivity contribution in [2.45, 2.75) is 6.92 Å². The maximum Gasteiger partial charge on any atom is 0.169 e. The molecule has 0 saturated carbocycles. The molecule has 3 rings (SSSR count). The van der Waals surface area contributed by atoms with Crippen LogP contribution in [0.4, 0.5) is 5.69 Å². The van der Waals surface area contributed by atoms with E-state index < -0.39 is 0 Å². The fourth-order valence-electron chi connectivity index (χ4n) is 2.16. The quantitative estimate of drug-likeness (QED) is 0.680. The summed E-state index contributed by atoms with van der Waals surface area (Å²) in [5.74, 6) is 1.54. The lowest BCUT2D eigenvalue weighted by Crippen LogP contribution is -2.08. The minimum atomic E-state index is 0.427. The highest BCUT2D eigenvalue weighted by Crippen LogP contribution is 2.24. The first kappa shape index (κ1) is 12.9. The SMILES string of the molecule is Cc1nc(Cl)cc2nnc(-c3cccc(N(C)C)c3)n12. The molecule has 3 aromatic rings. The predicted molar refractivity (Wildman–Crippen MR) is 80.3 cm³/mol. The Morgan fingerprint density at radius 2 is 1.95 bits per heavy atom. The zero-order chi connectivity index (χ0) is 14.3. The molecule has 0 aliphatic heterocycles. The average Bonchev–Trinajstić information content (AvgIpc) is 2.82. The summed E-state index contributed by atoms with van der Waals surface area (Å²) in [4.78, 5) is 6.31. The topological polar surface area (TPSA) is 46.3 Å². The van der Waals surface area contributed by atoms with Gasteiger partial charge in [0.15, 0.2) is 11.5 Å². The van der Waals surface area contributed by atoms with Crippen LogP contribution in [0.3, 0.4) is 0 Å². The summed E-state index contributed by atoms with van der Waals surface area (Å²) in [6.45, 7) is 1.89. The molecule has 5 nitrogen and oxygen atoms in total. The van der Waals surface area contributed by atoms with Crippen molar-refractivity contribution >= 4 is 22.9 Å². The van der Waals surface area contributed by atoms with Gasteiger partial charge in [0.2, 0.25) is 0 Å². The van der Waals surface area contributed by atoms with Gasteiger partial charge in [0.25, 0.3) is 0 Å². The molecule has 0 unspecified atom stereocenters. The molecule has 0 N–H and O–H groups in total. The highest BCUT2D eigenvalue weighted by molar-refractivity contribution is 6.29. The summed E-state index contributed by atoms with van der Waals surface area (Å²) >= 11 is 5.95. The van der Waals surface area contributed by atoms with Crippen molar-refractivity contribution in [2.24, 2.45) is 0 Å². The standard InChI is InChI=1S/C14H14ClN5/c1-9-16-12(15)8-13-17-18-14(20(9)13)10-5-4-6-11(7-10)19(2)3/h4-8H,1-3H3. The van der Waals surface area contributed by atoms with Gasteiger partial charge in [-0.2, -0.15) is 0 Å². The Morgan fingerprint density at radius 1 is 1.15 bits per heavy atom. The fourth-order valence-corrected chi connectivity index (χ4v) is 2.38. The molecule has 0 atom stereocenters. The molecular formula is C14H14ClN5. The Morgan fingerprint density at radius 3 is 2.70 bits per heavy atom. The number of hydrogen-bond donors (Lipinski definition) is 0. The molecular weight excluding hydrogens is 274 g/mol. The molecule has 2 heterocycles. The Hall–Kier alpha value is -2.14. The Labute approximate surface area is 121 Å². The van der Waals surface area contributed by atoms with E-state index in [2.05, 4.69) is 32.2 Å². The first-order chi connectivity index (χ1) is 9.56. The van der Waals surface area contributed by atoms with Crippen LogP contribution < -0.4 is 4.90 Å². The lowest BCUT2D eigenvalue weighted by atomic mass is 10.2. The summed E-state index contributed by atoms with van der Waals surface area (Å²) < 4.78 is 1.90. The van der Waals surface area contributed by atoms with Gasteiger partial charge in [-0.25, -0.2) is 4.98 Å². The second kappa shape index (κ2) is 4.76. The first-order valence-electron chi connectivity index (χ1n) is 6.22. The Bertz CT molecular complexity index is 778. The smallest absolute Gasteiger partial charge is 0.169 e. The molecule has 0 bridgehead atoms. The van der Waals surface area contributed by atoms with Crippen LogP contribution in [0.2, 0.25) is 5.15 Å². The molecule has 0 radical (unpaired) electrons. The van der Waals surface area contributed by atoms with Crippen molar-refractivity contribution in [3.8, 4) is 11.4 Å². The summed E-state index contributed by atoms with van der Waals surface area (Å²) in [6, 6.07) is 9.85. The van der Waals surface area contributed by atoms with Crippen LogP contribution >= 0.6 is 11.6 Å². The lowest BCUT2D eigenvalue weighted by Gasteiger charge is -2.13. The molecule has 0 fully saturated rings. The largest absolute Gasteiger partial charge is 0.378 e. The van der Waals surface area contributed by atoms with Crippen molar-refractivity contribution in [3.05, 3.63) is 41.3 Å². The molecule has 102 valence electrons.